The van der Waals surface area contributed by atoms with Crippen LogP contribution in [0, 0.1) is 0 Å². The van der Waals surface area contributed by atoms with Gasteiger partial charge in [-0.1, -0.05) is 0 Å². The van der Waals surface area contributed by atoms with Gasteiger partial charge in [0.2, 0.25) is 12.5 Å². The van der Waals surface area contributed by atoms with Crippen LogP contribution in [0.15, 0.2) is 30.3 Å². The van der Waals surface area contributed by atoms with Gasteiger partial charge >= 0.3 is 5.97 Å². The Labute approximate surface area is 181 Å². The topological polar surface area (TPSA) is 83.1 Å². The van der Waals surface area contributed by atoms with E-state index < -0.39 is 6.04 Å². The molecule has 1 atom stereocenters. The third kappa shape index (κ3) is 3.79. The summed E-state index contributed by atoms with van der Waals surface area (Å²) in [4.78, 5) is 25.4. The number of carbonyl (C=O) groups is 2. The smallest absolute Gasteiger partial charge is 0.338 e. The highest BCUT2D eigenvalue weighted by Gasteiger charge is 2.45. The predicted octanol–water partition coefficient (Wildman–Crippen LogP) is 2.91. The molecule has 0 aliphatic carbocycles. The number of rotatable bonds is 5. The zero-order valence-corrected chi connectivity index (χ0v) is 18.2. The highest BCUT2D eigenvalue weighted by Crippen LogP contribution is 2.50. The first-order valence-corrected chi connectivity index (χ1v) is 10.3. The molecule has 2 aromatic carbocycles. The lowest BCUT2D eigenvalue weighted by atomic mass is 9.88. The second kappa shape index (κ2) is 8.11. The molecule has 0 radical (unpaired) electrons. The monoisotopic (exact) mass is 427 g/mol. The summed E-state index contributed by atoms with van der Waals surface area (Å²) >= 11 is 0. The number of anilines is 1. The molecule has 0 fully saturated rings. The number of carbonyl (C=O) groups excluding carboxylic acids is 2. The summed E-state index contributed by atoms with van der Waals surface area (Å²) in [6, 6.07) is 8.13. The first kappa shape index (κ1) is 21.0. The standard InChI is InChI=1S/C23H26N2O6/c1-5-29-23(27)14-6-8-16(9-7-14)24-22(26)19-18-15(10-11-25(19,2)3)12-17-20(21(18)28-4)31-13-30-17/h6-9,12,19H,5,10-11,13H2,1-4H3/p+1/t19-/m1/s1. The van der Waals surface area contributed by atoms with E-state index in [0.29, 0.717) is 39.6 Å². The fourth-order valence-corrected chi connectivity index (χ4v) is 4.24. The SMILES string of the molecule is CCOC(=O)c1ccc(NC(=O)[C@H]2c3c(cc4c(c3OC)OCO4)CC[N+]2(C)C)cc1. The lowest BCUT2D eigenvalue weighted by Gasteiger charge is -2.42. The van der Waals surface area contributed by atoms with E-state index in [2.05, 4.69) is 5.32 Å². The number of nitrogens with zero attached hydrogens (tertiary/aromatic N) is 1. The Morgan fingerprint density at radius 1 is 1.19 bits per heavy atom. The molecule has 8 nitrogen and oxygen atoms in total. The lowest BCUT2D eigenvalue weighted by molar-refractivity contribution is -0.913. The molecule has 2 heterocycles. The average Bonchev–Trinajstić information content (AvgIpc) is 3.20. The molecule has 8 heteroatoms. The van der Waals surface area contributed by atoms with E-state index in [4.69, 9.17) is 18.9 Å². The third-order valence-corrected chi connectivity index (χ3v) is 5.79. The summed E-state index contributed by atoms with van der Waals surface area (Å²) in [5.41, 5.74) is 2.89. The van der Waals surface area contributed by atoms with Crippen LogP contribution in [0.5, 0.6) is 17.2 Å². The first-order valence-electron chi connectivity index (χ1n) is 10.3. The number of fused-ring (bicyclic) bond motifs is 2. The molecule has 1 amide bonds. The van der Waals surface area contributed by atoms with Crippen LogP contribution in [0.3, 0.4) is 0 Å². The fourth-order valence-electron chi connectivity index (χ4n) is 4.24. The highest BCUT2D eigenvalue weighted by molar-refractivity contribution is 5.97. The number of hydrogen-bond donors (Lipinski definition) is 1. The Morgan fingerprint density at radius 2 is 1.94 bits per heavy atom. The summed E-state index contributed by atoms with van der Waals surface area (Å²) in [6.07, 6.45) is 0.799. The fraction of sp³-hybridized carbons (Fsp3) is 0.391. The molecule has 1 N–H and O–H groups in total. The van der Waals surface area contributed by atoms with Crippen molar-refractivity contribution in [2.75, 3.05) is 46.5 Å². The Kier molecular flexibility index (Phi) is 5.49. The first-order chi connectivity index (χ1) is 14.9. The van der Waals surface area contributed by atoms with Crippen LogP contribution in [0.1, 0.15) is 34.5 Å². The van der Waals surface area contributed by atoms with Gasteiger partial charge in [0.15, 0.2) is 17.5 Å². The molecule has 2 aliphatic rings. The number of amides is 1. The zero-order valence-electron chi connectivity index (χ0n) is 18.2. The van der Waals surface area contributed by atoms with Crippen molar-refractivity contribution in [3.8, 4) is 17.2 Å². The van der Waals surface area contributed by atoms with Gasteiger partial charge in [-0.3, -0.25) is 4.79 Å². The lowest BCUT2D eigenvalue weighted by Crippen LogP contribution is -2.52. The van der Waals surface area contributed by atoms with Crippen LogP contribution in [0.4, 0.5) is 5.69 Å². The summed E-state index contributed by atoms with van der Waals surface area (Å²) < 4.78 is 22.4. The van der Waals surface area contributed by atoms with Crippen LogP contribution in [-0.2, 0) is 16.0 Å². The van der Waals surface area contributed by atoms with Crippen molar-refractivity contribution in [2.45, 2.75) is 19.4 Å². The summed E-state index contributed by atoms with van der Waals surface area (Å²) in [7, 11) is 5.64. The van der Waals surface area contributed by atoms with Crippen molar-refractivity contribution < 1.29 is 33.0 Å². The van der Waals surface area contributed by atoms with Crippen molar-refractivity contribution >= 4 is 17.6 Å². The minimum atomic E-state index is -0.502. The van der Waals surface area contributed by atoms with E-state index in [1.54, 1.807) is 38.3 Å². The Morgan fingerprint density at radius 3 is 2.61 bits per heavy atom. The van der Waals surface area contributed by atoms with Crippen LogP contribution in [-0.4, -0.2) is 57.5 Å². The molecular formula is C23H27N2O6+. The van der Waals surface area contributed by atoms with E-state index in [1.165, 1.54) is 0 Å². The molecule has 0 unspecified atom stereocenters. The number of ether oxygens (including phenoxy) is 4. The molecule has 0 saturated heterocycles. The second-order valence-electron chi connectivity index (χ2n) is 8.16. The number of benzene rings is 2. The van der Waals surface area contributed by atoms with Crippen LogP contribution in [0.2, 0.25) is 0 Å². The molecule has 2 aromatic rings. The zero-order chi connectivity index (χ0) is 22.2. The number of esters is 1. The van der Waals surface area contributed by atoms with E-state index in [0.717, 1.165) is 24.1 Å². The number of likely N-dealkylation sites (N-methyl/N-ethyl adjacent to an activating group) is 1. The van der Waals surface area contributed by atoms with Crippen molar-refractivity contribution in [1.29, 1.82) is 0 Å². The van der Waals surface area contributed by atoms with Crippen LogP contribution in [0.25, 0.3) is 0 Å². The maximum absolute atomic E-state index is 13.5. The van der Waals surface area contributed by atoms with Gasteiger partial charge in [-0.05, 0) is 42.8 Å². The summed E-state index contributed by atoms with van der Waals surface area (Å²) in [5, 5.41) is 2.99. The van der Waals surface area contributed by atoms with Gasteiger partial charge in [-0.25, -0.2) is 4.79 Å². The number of methoxy groups -OCH3 is 1. The predicted molar refractivity (Wildman–Crippen MR) is 114 cm³/mol. The number of nitrogens with one attached hydrogen (secondary N) is 1. The van der Waals surface area contributed by atoms with Gasteiger partial charge < -0.3 is 28.7 Å². The Hall–Kier alpha value is -3.26. The average molecular weight is 427 g/mol. The maximum atomic E-state index is 13.5. The molecular weight excluding hydrogens is 400 g/mol. The van der Waals surface area contributed by atoms with Crippen molar-refractivity contribution in [1.82, 2.24) is 0 Å². The molecule has 0 spiro atoms. The van der Waals surface area contributed by atoms with Gasteiger partial charge in [0, 0.05) is 12.1 Å². The van der Waals surface area contributed by atoms with E-state index >= 15 is 0 Å². The van der Waals surface area contributed by atoms with Gasteiger partial charge in [-0.15, -0.1) is 0 Å². The van der Waals surface area contributed by atoms with Gasteiger partial charge in [0.1, 0.15) is 0 Å². The third-order valence-electron chi connectivity index (χ3n) is 5.79. The van der Waals surface area contributed by atoms with Crippen LogP contribution < -0.4 is 19.5 Å². The minimum absolute atomic E-state index is 0.135. The molecule has 0 bridgehead atoms. The number of hydrogen-bond acceptors (Lipinski definition) is 6. The maximum Gasteiger partial charge on any atom is 0.338 e. The highest BCUT2D eigenvalue weighted by atomic mass is 16.7. The molecule has 4 rings (SSSR count). The summed E-state index contributed by atoms with van der Waals surface area (Å²) in [6.45, 7) is 2.99. The second-order valence-corrected chi connectivity index (χ2v) is 8.16. The van der Waals surface area contributed by atoms with E-state index in [9.17, 15) is 9.59 Å². The molecule has 2 aliphatic heterocycles. The number of quaternary nitrogens is 1. The molecule has 0 saturated carbocycles. The Balaban J connectivity index is 1.66. The normalized spacial score (nSPS) is 18.1. The molecule has 31 heavy (non-hydrogen) atoms. The van der Waals surface area contributed by atoms with Crippen molar-refractivity contribution in [2.24, 2.45) is 0 Å². The quantitative estimate of drug-likeness (QED) is 0.584. The van der Waals surface area contributed by atoms with Gasteiger partial charge in [0.25, 0.3) is 5.91 Å². The minimum Gasteiger partial charge on any atom is -0.492 e. The van der Waals surface area contributed by atoms with Gasteiger partial charge in [0.05, 0.1) is 45.5 Å². The van der Waals surface area contributed by atoms with Crippen molar-refractivity contribution in [3.05, 3.63) is 47.0 Å². The van der Waals surface area contributed by atoms with Gasteiger partial charge in [-0.2, -0.15) is 0 Å². The van der Waals surface area contributed by atoms with E-state index in [1.807, 2.05) is 20.2 Å². The Bertz CT molecular complexity index is 1020. The molecule has 164 valence electrons. The van der Waals surface area contributed by atoms with Crippen LogP contribution >= 0.6 is 0 Å². The largest absolute Gasteiger partial charge is 0.492 e. The van der Waals surface area contributed by atoms with E-state index in [-0.39, 0.29) is 18.7 Å². The van der Waals surface area contributed by atoms with Crippen molar-refractivity contribution in [3.63, 3.8) is 0 Å². The summed E-state index contributed by atoms with van der Waals surface area (Å²) in [5.74, 6) is 1.19. The molecule has 0 aromatic heterocycles.